The molecule has 0 radical (unpaired) electrons. The monoisotopic (exact) mass is 233 g/mol. The van der Waals surface area contributed by atoms with Crippen LogP contribution in [0.2, 0.25) is 0 Å². The molecule has 0 unspecified atom stereocenters. The number of anilines is 1. The first-order valence-corrected chi connectivity index (χ1v) is 4.27. The van der Waals surface area contributed by atoms with Crippen molar-refractivity contribution >= 4 is 15.8 Å². The van der Waals surface area contributed by atoms with Gasteiger partial charge in [-0.2, -0.15) is 8.42 Å². The van der Waals surface area contributed by atoms with E-state index in [2.05, 4.69) is 0 Å². The van der Waals surface area contributed by atoms with Crippen molar-refractivity contribution in [1.82, 2.24) is 0 Å². The average molecular weight is 233 g/mol. The molecule has 0 aliphatic rings. The Hall–Kier alpha value is -0.150. The summed E-state index contributed by atoms with van der Waals surface area (Å²) in [6.07, 6.45) is 0. The Labute approximate surface area is 105 Å². The van der Waals surface area contributed by atoms with Crippen LogP contribution in [0.15, 0.2) is 29.2 Å². The maximum absolute atomic E-state index is 10.5. The molecule has 0 aromatic heterocycles. The van der Waals surface area contributed by atoms with Crippen molar-refractivity contribution in [2.24, 2.45) is 0 Å². The van der Waals surface area contributed by atoms with Crippen molar-refractivity contribution in [3.8, 4) is 0 Å². The number of hydrogen-bond donors (Lipinski definition) is 2. The third-order valence-electron chi connectivity index (χ3n) is 1.18. The summed E-state index contributed by atoms with van der Waals surface area (Å²) in [6.45, 7) is 0. The fourth-order valence-corrected chi connectivity index (χ4v) is 1.12. The fraction of sp³-hybridized carbons (Fsp3) is 0. The minimum atomic E-state index is -4.08. The van der Waals surface area contributed by atoms with Gasteiger partial charge in [0.05, 0.1) is 4.90 Å². The Morgan fingerprint density at radius 2 is 1.50 bits per heavy atom. The molecule has 0 atom stereocenters. The molecule has 0 saturated carbocycles. The van der Waals surface area contributed by atoms with Crippen LogP contribution in [0.3, 0.4) is 0 Å². The molecule has 0 aliphatic heterocycles. The molecule has 14 heavy (non-hydrogen) atoms. The smallest absolute Gasteiger partial charge is 1.00 e. The van der Waals surface area contributed by atoms with Crippen LogP contribution < -0.4 is 35.3 Å². The third-order valence-corrected chi connectivity index (χ3v) is 2.05. The second-order valence-corrected chi connectivity index (χ2v) is 3.47. The van der Waals surface area contributed by atoms with Gasteiger partial charge in [-0.15, -0.1) is 0 Å². The molecule has 0 spiro atoms. The first-order chi connectivity index (χ1) is 5.00. The molecule has 0 bridgehead atoms. The van der Waals surface area contributed by atoms with Crippen molar-refractivity contribution in [1.29, 1.82) is 0 Å². The Kier molecular flexibility index (Phi) is 9.97. The van der Waals surface area contributed by atoms with Gasteiger partial charge >= 0.3 is 29.6 Å². The topological polar surface area (TPSA) is 143 Å². The molecule has 8 heteroatoms. The molecule has 0 saturated heterocycles. The molecule has 7 N–H and O–H groups in total. The van der Waals surface area contributed by atoms with E-state index >= 15 is 0 Å². The van der Waals surface area contributed by atoms with Crippen LogP contribution in [0.5, 0.6) is 0 Å². The van der Waals surface area contributed by atoms with E-state index in [1.54, 1.807) is 0 Å². The summed E-state index contributed by atoms with van der Waals surface area (Å²) in [5.41, 5.74) is 5.75. The molecule has 78 valence electrons. The second kappa shape index (κ2) is 7.18. The summed E-state index contributed by atoms with van der Waals surface area (Å²) >= 11 is 0. The third kappa shape index (κ3) is 5.55. The normalized spacial score (nSPS) is 8.93. The van der Waals surface area contributed by atoms with Gasteiger partial charge in [0, 0.05) is 5.69 Å². The number of nitrogen functional groups attached to an aromatic ring is 1. The number of rotatable bonds is 1. The van der Waals surface area contributed by atoms with Crippen LogP contribution in [0.1, 0.15) is 1.43 Å². The van der Waals surface area contributed by atoms with Crippen molar-refractivity contribution in [3.63, 3.8) is 0 Å². The van der Waals surface area contributed by atoms with Gasteiger partial charge in [-0.1, -0.05) is 0 Å². The summed E-state index contributed by atoms with van der Waals surface area (Å²) in [7, 11) is -4.08. The van der Waals surface area contributed by atoms with Gasteiger partial charge in [-0.05, 0) is 24.3 Å². The summed E-state index contributed by atoms with van der Waals surface area (Å²) in [5.74, 6) is 0. The molecular weight excluding hydrogens is 221 g/mol. The zero-order valence-corrected chi connectivity index (χ0v) is 10.4. The van der Waals surface area contributed by atoms with Gasteiger partial charge in [0.15, 0.2) is 0 Å². The van der Waals surface area contributed by atoms with Gasteiger partial charge in [-0.3, -0.25) is 4.55 Å². The zero-order valence-electron chi connectivity index (χ0n) is 8.56. The fourth-order valence-electron chi connectivity index (χ4n) is 0.640. The van der Waals surface area contributed by atoms with Gasteiger partial charge in [-0.25, -0.2) is 0 Å². The van der Waals surface area contributed by atoms with Gasteiger partial charge in [0.2, 0.25) is 0 Å². The molecule has 0 heterocycles. The van der Waals surface area contributed by atoms with Crippen LogP contribution >= 0.6 is 0 Å². The van der Waals surface area contributed by atoms with E-state index in [1.807, 2.05) is 0 Å². The van der Waals surface area contributed by atoms with Crippen LogP contribution in [0, 0.1) is 0 Å². The average Bonchev–Trinajstić information content (AvgIpc) is 1.86. The summed E-state index contributed by atoms with van der Waals surface area (Å²) < 4.78 is 29.4. The molecule has 0 amide bonds. The molecular formula is C6H12NNaO5S. The molecule has 6 nitrogen and oxygen atoms in total. The predicted octanol–water partition coefficient (Wildman–Crippen LogP) is -4.02. The van der Waals surface area contributed by atoms with Crippen molar-refractivity contribution < 1.29 is 54.9 Å². The molecule has 0 aliphatic carbocycles. The van der Waals surface area contributed by atoms with E-state index < -0.39 is 10.1 Å². The van der Waals surface area contributed by atoms with E-state index in [0.29, 0.717) is 5.69 Å². The Bertz CT molecular complexity index is 354. The van der Waals surface area contributed by atoms with E-state index in [1.165, 1.54) is 24.3 Å². The van der Waals surface area contributed by atoms with E-state index in [-0.39, 0.29) is 46.8 Å². The number of nitrogens with two attached hydrogens (primary N) is 1. The molecule has 1 rings (SSSR count). The van der Waals surface area contributed by atoms with Crippen LogP contribution in [-0.4, -0.2) is 23.9 Å². The standard InChI is InChI=1S/C6H7NO3S.Na.2H2O.H/c7-5-1-3-6(4-2-5)11(8,9)10;;;;/h1-4H,7H2,(H,8,9,10);;2*1H2;/q;+1;;;-1. The van der Waals surface area contributed by atoms with Gasteiger partial charge in [0.25, 0.3) is 10.1 Å². The predicted molar refractivity (Wildman–Crippen MR) is 49.0 cm³/mol. The SMILES string of the molecule is Nc1ccc(S(=O)(=O)O)cc1.O.O.[H-].[Na+]. The second-order valence-electron chi connectivity index (χ2n) is 2.04. The van der Waals surface area contributed by atoms with Crippen molar-refractivity contribution in [2.45, 2.75) is 4.90 Å². The molecule has 1 aromatic rings. The van der Waals surface area contributed by atoms with Gasteiger partial charge < -0.3 is 18.1 Å². The summed E-state index contributed by atoms with van der Waals surface area (Å²) in [5, 5.41) is 0. The zero-order chi connectivity index (χ0) is 8.48. The molecule has 0 fully saturated rings. The minimum Gasteiger partial charge on any atom is -1.00 e. The minimum absolute atomic E-state index is 0. The van der Waals surface area contributed by atoms with Gasteiger partial charge in [0.1, 0.15) is 0 Å². The first-order valence-electron chi connectivity index (χ1n) is 2.83. The first kappa shape index (κ1) is 19.4. The summed E-state index contributed by atoms with van der Waals surface area (Å²) in [4.78, 5) is -0.147. The van der Waals surface area contributed by atoms with Crippen molar-refractivity contribution in [2.75, 3.05) is 5.73 Å². The summed E-state index contributed by atoms with van der Waals surface area (Å²) in [6, 6.07) is 5.29. The maximum atomic E-state index is 10.5. The Morgan fingerprint density at radius 3 is 1.79 bits per heavy atom. The van der Waals surface area contributed by atoms with E-state index in [4.69, 9.17) is 10.3 Å². The molecule has 1 aromatic carbocycles. The number of hydrogen-bond acceptors (Lipinski definition) is 3. The quantitative estimate of drug-likeness (QED) is 0.289. The Balaban J connectivity index is -0.000000151. The van der Waals surface area contributed by atoms with E-state index in [0.717, 1.165) is 0 Å². The van der Waals surface area contributed by atoms with Crippen LogP contribution in [-0.2, 0) is 10.1 Å². The van der Waals surface area contributed by atoms with Crippen molar-refractivity contribution in [3.05, 3.63) is 24.3 Å². The Morgan fingerprint density at radius 1 is 1.14 bits per heavy atom. The largest absolute Gasteiger partial charge is 1.00 e. The van der Waals surface area contributed by atoms with Crippen LogP contribution in [0.25, 0.3) is 0 Å². The number of benzene rings is 1. The van der Waals surface area contributed by atoms with Crippen LogP contribution in [0.4, 0.5) is 5.69 Å². The van der Waals surface area contributed by atoms with E-state index in [9.17, 15) is 8.42 Å². The maximum Gasteiger partial charge on any atom is 1.00 e.